The van der Waals surface area contributed by atoms with E-state index in [0.717, 1.165) is 0 Å². The van der Waals surface area contributed by atoms with E-state index in [-0.39, 0.29) is 23.1 Å². The van der Waals surface area contributed by atoms with Crippen LogP contribution in [0.2, 0.25) is 0 Å². The Hall–Kier alpha value is -2.57. The number of hydrogen-bond acceptors (Lipinski definition) is 4. The van der Waals surface area contributed by atoms with Crippen LogP contribution in [0, 0.1) is 0 Å². The van der Waals surface area contributed by atoms with E-state index in [4.69, 9.17) is 9.84 Å². The van der Waals surface area contributed by atoms with Crippen LogP contribution in [0.15, 0.2) is 18.2 Å². The number of ether oxygens (including phenoxy) is 1. The van der Waals surface area contributed by atoms with Gasteiger partial charge in [-0.25, -0.2) is 4.79 Å². The Morgan fingerprint density at radius 2 is 2.20 bits per heavy atom. The third-order valence-electron chi connectivity index (χ3n) is 3.01. The molecule has 1 atom stereocenters. The molecule has 106 valence electrons. The van der Waals surface area contributed by atoms with Gasteiger partial charge in [0, 0.05) is 18.2 Å². The van der Waals surface area contributed by atoms with Crippen molar-refractivity contribution < 1.29 is 24.2 Å². The first-order valence-corrected chi connectivity index (χ1v) is 6.03. The van der Waals surface area contributed by atoms with Crippen molar-refractivity contribution in [2.45, 2.75) is 18.9 Å². The summed E-state index contributed by atoms with van der Waals surface area (Å²) in [6.07, 6.45) is 0.786. The number of carbonyl (C=O) groups excluding carboxylic acids is 2. The summed E-state index contributed by atoms with van der Waals surface area (Å²) in [4.78, 5) is 33.9. The van der Waals surface area contributed by atoms with Gasteiger partial charge in [-0.15, -0.1) is 0 Å². The third kappa shape index (κ3) is 2.87. The van der Waals surface area contributed by atoms with E-state index in [1.165, 1.54) is 25.3 Å². The zero-order valence-corrected chi connectivity index (χ0v) is 10.8. The molecule has 1 saturated heterocycles. The number of anilines is 1. The number of rotatable bonds is 4. The lowest BCUT2D eigenvalue weighted by molar-refractivity contribution is -0.122. The summed E-state index contributed by atoms with van der Waals surface area (Å²) in [6.45, 7) is 0. The van der Waals surface area contributed by atoms with Gasteiger partial charge in [-0.1, -0.05) is 0 Å². The molecule has 1 fully saturated rings. The van der Waals surface area contributed by atoms with Crippen LogP contribution in [-0.4, -0.2) is 36.0 Å². The van der Waals surface area contributed by atoms with Crippen LogP contribution in [0.1, 0.15) is 23.2 Å². The van der Waals surface area contributed by atoms with Crippen LogP contribution in [0.5, 0.6) is 5.75 Å². The summed E-state index contributed by atoms with van der Waals surface area (Å²) in [7, 11) is 1.35. The highest BCUT2D eigenvalue weighted by molar-refractivity contribution is 5.99. The second kappa shape index (κ2) is 5.60. The van der Waals surface area contributed by atoms with Crippen molar-refractivity contribution in [2.24, 2.45) is 0 Å². The minimum Gasteiger partial charge on any atom is -0.496 e. The van der Waals surface area contributed by atoms with Crippen molar-refractivity contribution in [3.05, 3.63) is 23.8 Å². The second-order valence-corrected chi connectivity index (χ2v) is 4.37. The molecule has 1 aromatic rings. The summed E-state index contributed by atoms with van der Waals surface area (Å²) in [5.41, 5.74) is 0.428. The van der Waals surface area contributed by atoms with Crippen molar-refractivity contribution in [3.8, 4) is 5.75 Å². The van der Waals surface area contributed by atoms with Gasteiger partial charge >= 0.3 is 5.97 Å². The fourth-order valence-corrected chi connectivity index (χ4v) is 1.99. The molecule has 0 saturated carbocycles. The fourth-order valence-electron chi connectivity index (χ4n) is 1.99. The summed E-state index contributed by atoms with van der Waals surface area (Å²) in [5.74, 6) is -1.43. The van der Waals surface area contributed by atoms with Crippen LogP contribution < -0.4 is 15.4 Å². The number of carboxylic acid groups (broad SMARTS) is 1. The Morgan fingerprint density at radius 1 is 1.45 bits per heavy atom. The second-order valence-electron chi connectivity index (χ2n) is 4.37. The lowest BCUT2D eigenvalue weighted by Crippen LogP contribution is -2.37. The quantitative estimate of drug-likeness (QED) is 0.748. The zero-order chi connectivity index (χ0) is 14.7. The van der Waals surface area contributed by atoms with Crippen molar-refractivity contribution in [2.75, 3.05) is 12.4 Å². The van der Waals surface area contributed by atoms with Gasteiger partial charge in [-0.3, -0.25) is 9.59 Å². The number of amides is 2. The Bertz CT molecular complexity index is 570. The number of hydrogen-bond donors (Lipinski definition) is 3. The smallest absolute Gasteiger partial charge is 0.339 e. The molecule has 3 N–H and O–H groups in total. The Labute approximate surface area is 114 Å². The van der Waals surface area contributed by atoms with E-state index in [2.05, 4.69) is 10.6 Å². The average molecular weight is 278 g/mol. The van der Waals surface area contributed by atoms with Crippen LogP contribution >= 0.6 is 0 Å². The number of benzene rings is 1. The molecule has 7 heteroatoms. The molecule has 1 aromatic carbocycles. The first-order chi connectivity index (χ1) is 9.51. The van der Waals surface area contributed by atoms with Gasteiger partial charge in [0.15, 0.2) is 0 Å². The average Bonchev–Trinajstić information content (AvgIpc) is 2.85. The number of methoxy groups -OCH3 is 1. The molecule has 20 heavy (non-hydrogen) atoms. The van der Waals surface area contributed by atoms with Crippen molar-refractivity contribution in [1.82, 2.24) is 5.32 Å². The summed E-state index contributed by atoms with van der Waals surface area (Å²) < 4.78 is 4.97. The summed E-state index contributed by atoms with van der Waals surface area (Å²) in [6, 6.07) is 3.70. The Morgan fingerprint density at radius 3 is 2.75 bits per heavy atom. The van der Waals surface area contributed by atoms with Crippen molar-refractivity contribution >= 4 is 23.5 Å². The molecule has 0 radical (unpaired) electrons. The molecule has 7 nitrogen and oxygen atoms in total. The van der Waals surface area contributed by atoms with E-state index in [9.17, 15) is 14.4 Å². The molecule has 0 bridgehead atoms. The van der Waals surface area contributed by atoms with Gasteiger partial charge in [0.2, 0.25) is 11.8 Å². The van der Waals surface area contributed by atoms with Crippen LogP contribution in [0.3, 0.4) is 0 Å². The number of aromatic carboxylic acids is 1. The van der Waals surface area contributed by atoms with Crippen LogP contribution in [-0.2, 0) is 9.59 Å². The zero-order valence-electron chi connectivity index (χ0n) is 10.8. The van der Waals surface area contributed by atoms with Gasteiger partial charge in [0.1, 0.15) is 17.4 Å². The van der Waals surface area contributed by atoms with E-state index >= 15 is 0 Å². The fraction of sp³-hybridized carbons (Fsp3) is 0.308. The van der Waals surface area contributed by atoms with E-state index in [1.54, 1.807) is 0 Å². The van der Waals surface area contributed by atoms with Gasteiger partial charge in [-0.05, 0) is 18.6 Å². The molecule has 2 rings (SSSR count). The molecule has 0 unspecified atom stereocenters. The predicted molar refractivity (Wildman–Crippen MR) is 69.7 cm³/mol. The van der Waals surface area contributed by atoms with Gasteiger partial charge < -0.3 is 20.5 Å². The summed E-state index contributed by atoms with van der Waals surface area (Å²) in [5, 5.41) is 14.1. The molecule has 1 aliphatic heterocycles. The minimum absolute atomic E-state index is 0.0136. The number of nitrogens with one attached hydrogen (secondary N) is 2. The predicted octanol–water partition coefficient (Wildman–Crippen LogP) is 0.610. The lowest BCUT2D eigenvalue weighted by Gasteiger charge is -2.12. The highest BCUT2D eigenvalue weighted by atomic mass is 16.5. The summed E-state index contributed by atoms with van der Waals surface area (Å²) >= 11 is 0. The highest BCUT2D eigenvalue weighted by Gasteiger charge is 2.27. The molecule has 1 aliphatic rings. The minimum atomic E-state index is -1.11. The lowest BCUT2D eigenvalue weighted by atomic mass is 10.1. The molecule has 1 heterocycles. The van der Waals surface area contributed by atoms with Gasteiger partial charge in [-0.2, -0.15) is 0 Å². The van der Waals surface area contributed by atoms with Gasteiger partial charge in [0.25, 0.3) is 0 Å². The Balaban J connectivity index is 2.11. The van der Waals surface area contributed by atoms with Crippen LogP contribution in [0.4, 0.5) is 5.69 Å². The monoisotopic (exact) mass is 278 g/mol. The van der Waals surface area contributed by atoms with E-state index in [0.29, 0.717) is 18.5 Å². The molecule has 0 aromatic heterocycles. The topological polar surface area (TPSA) is 105 Å². The molecular formula is C13H14N2O5. The Kier molecular flexibility index (Phi) is 3.88. The first kappa shape index (κ1) is 13.9. The maximum absolute atomic E-state index is 11.9. The number of carbonyl (C=O) groups is 3. The van der Waals surface area contributed by atoms with Crippen molar-refractivity contribution in [1.29, 1.82) is 0 Å². The van der Waals surface area contributed by atoms with Crippen molar-refractivity contribution in [3.63, 3.8) is 0 Å². The SMILES string of the molecule is COc1cc(NC(=O)[C@@H]2CCC(=O)N2)ccc1C(=O)O. The van der Waals surface area contributed by atoms with Gasteiger partial charge in [0.05, 0.1) is 7.11 Å². The normalized spacial score (nSPS) is 17.4. The van der Waals surface area contributed by atoms with Crippen LogP contribution in [0.25, 0.3) is 0 Å². The first-order valence-electron chi connectivity index (χ1n) is 6.03. The maximum atomic E-state index is 11.9. The maximum Gasteiger partial charge on any atom is 0.339 e. The standard InChI is InChI=1S/C13H14N2O5/c1-20-10-6-7(2-3-8(10)13(18)19)14-12(17)9-4-5-11(16)15-9/h2-3,6,9H,4-5H2,1H3,(H,14,17)(H,15,16)(H,18,19)/t9-/m0/s1. The number of carboxylic acids is 1. The molecular weight excluding hydrogens is 264 g/mol. The third-order valence-corrected chi connectivity index (χ3v) is 3.01. The molecule has 0 aliphatic carbocycles. The molecule has 2 amide bonds. The largest absolute Gasteiger partial charge is 0.496 e. The molecule has 0 spiro atoms. The van der Waals surface area contributed by atoms with E-state index in [1.807, 2.05) is 0 Å². The highest BCUT2D eigenvalue weighted by Crippen LogP contribution is 2.23. The van der Waals surface area contributed by atoms with E-state index < -0.39 is 12.0 Å².